The van der Waals surface area contributed by atoms with Gasteiger partial charge in [-0.2, -0.15) is 0 Å². The average Bonchev–Trinajstić information content (AvgIpc) is 3.90. The second kappa shape index (κ2) is 12.5. The van der Waals surface area contributed by atoms with Gasteiger partial charge in [-0.25, -0.2) is 15.0 Å². The van der Waals surface area contributed by atoms with E-state index in [1.807, 2.05) is 60.7 Å². The molecule has 0 aliphatic rings. The minimum atomic E-state index is 0.628. The van der Waals surface area contributed by atoms with Crippen LogP contribution < -0.4 is 0 Å². The van der Waals surface area contributed by atoms with Gasteiger partial charge in [0.25, 0.3) is 0 Å². The second-order valence-electron chi connectivity index (χ2n) is 13.7. The first-order valence-corrected chi connectivity index (χ1v) is 18.5. The number of hydrogen-bond acceptors (Lipinski definition) is 3. The van der Waals surface area contributed by atoms with Crippen LogP contribution in [0, 0.1) is 0 Å². The molecule has 0 saturated heterocycles. The third-order valence-corrected chi connectivity index (χ3v) is 10.5. The molecule has 0 atom stereocenters. The highest BCUT2D eigenvalue weighted by atomic mass is 15.1. The van der Waals surface area contributed by atoms with Crippen molar-refractivity contribution in [2.24, 2.45) is 0 Å². The highest BCUT2D eigenvalue weighted by molar-refractivity contribution is 6.25. The number of rotatable bonds is 6. The molecule has 55 heavy (non-hydrogen) atoms. The Balaban J connectivity index is 1.19. The molecule has 0 aliphatic carbocycles. The van der Waals surface area contributed by atoms with Crippen molar-refractivity contribution >= 4 is 43.9 Å². The van der Waals surface area contributed by atoms with Gasteiger partial charge < -0.3 is 13.7 Å². The zero-order valence-electron chi connectivity index (χ0n) is 29.7. The summed E-state index contributed by atoms with van der Waals surface area (Å²) in [6, 6.07) is 67.8. The van der Waals surface area contributed by atoms with E-state index in [9.17, 15) is 0 Å². The molecule has 7 aromatic carbocycles. The molecule has 6 heteroatoms. The topological polar surface area (TPSA) is 53.5 Å². The lowest BCUT2D eigenvalue weighted by Crippen LogP contribution is -2.00. The largest absolute Gasteiger partial charge is 0.306 e. The zero-order chi connectivity index (χ0) is 36.3. The summed E-state index contributed by atoms with van der Waals surface area (Å²) >= 11 is 0. The summed E-state index contributed by atoms with van der Waals surface area (Å²) in [5, 5.41) is 2.38. The lowest BCUT2D eigenvalue weighted by Gasteiger charge is -2.12. The van der Waals surface area contributed by atoms with Crippen molar-refractivity contribution in [1.29, 1.82) is 0 Å². The van der Waals surface area contributed by atoms with E-state index in [4.69, 9.17) is 15.0 Å². The van der Waals surface area contributed by atoms with Crippen molar-refractivity contribution in [2.75, 3.05) is 0 Å². The summed E-state index contributed by atoms with van der Waals surface area (Å²) < 4.78 is 7.31. The minimum Gasteiger partial charge on any atom is -0.306 e. The molecule has 4 aromatic heterocycles. The van der Waals surface area contributed by atoms with Crippen molar-refractivity contribution in [1.82, 2.24) is 28.7 Å². The quantitative estimate of drug-likeness (QED) is 0.173. The van der Waals surface area contributed by atoms with E-state index in [1.165, 1.54) is 21.8 Å². The maximum absolute atomic E-state index is 5.00. The molecule has 0 fully saturated rings. The summed E-state index contributed by atoms with van der Waals surface area (Å²) in [5.41, 5.74) is 13.0. The van der Waals surface area contributed by atoms with Gasteiger partial charge in [-0.15, -0.1) is 0 Å². The molecule has 0 bridgehead atoms. The van der Waals surface area contributed by atoms with Crippen LogP contribution in [0.5, 0.6) is 0 Å². The summed E-state index contributed by atoms with van der Waals surface area (Å²) in [5.74, 6) is 1.92. The molecule has 0 unspecified atom stereocenters. The normalized spacial score (nSPS) is 11.6. The summed E-state index contributed by atoms with van der Waals surface area (Å²) in [6.45, 7) is 0. The molecule has 258 valence electrons. The van der Waals surface area contributed by atoms with Gasteiger partial charge in [-0.3, -0.25) is 0 Å². The van der Waals surface area contributed by atoms with Crippen molar-refractivity contribution in [3.8, 4) is 51.2 Å². The molecule has 11 aromatic rings. The van der Waals surface area contributed by atoms with Crippen LogP contribution in [0.15, 0.2) is 194 Å². The fourth-order valence-electron chi connectivity index (χ4n) is 8.09. The van der Waals surface area contributed by atoms with Crippen LogP contribution in [-0.4, -0.2) is 28.7 Å². The standard InChI is InChI=1S/C49H32N6/c1-5-17-33(18-6-1)47-50-48(34-19-7-2-8-20-34)52-49(51-47)35-29-31-38(32-30-35)54-42-28-16-14-26-40(42)44-46(54)45-43(55(44)37-23-11-4-12-24-37)39-25-13-15-27-41(39)53(45)36-21-9-3-10-22-36/h1-32H. The highest BCUT2D eigenvalue weighted by Crippen LogP contribution is 2.45. The third-order valence-electron chi connectivity index (χ3n) is 10.5. The second-order valence-corrected chi connectivity index (χ2v) is 13.7. The van der Waals surface area contributed by atoms with Crippen LogP contribution in [0.2, 0.25) is 0 Å². The number of aromatic nitrogens is 6. The molecule has 0 saturated carbocycles. The van der Waals surface area contributed by atoms with Gasteiger partial charge in [0.05, 0.1) is 33.1 Å². The molecule has 4 heterocycles. The fourth-order valence-corrected chi connectivity index (χ4v) is 8.09. The van der Waals surface area contributed by atoms with E-state index in [-0.39, 0.29) is 0 Å². The molecule has 0 radical (unpaired) electrons. The van der Waals surface area contributed by atoms with Crippen molar-refractivity contribution in [2.45, 2.75) is 0 Å². The minimum absolute atomic E-state index is 0.628. The monoisotopic (exact) mass is 704 g/mol. The van der Waals surface area contributed by atoms with Crippen LogP contribution in [0.4, 0.5) is 0 Å². The van der Waals surface area contributed by atoms with Gasteiger partial charge in [-0.05, 0) is 60.7 Å². The molecule has 6 nitrogen and oxygen atoms in total. The number of para-hydroxylation sites is 4. The van der Waals surface area contributed by atoms with Crippen LogP contribution in [0.1, 0.15) is 0 Å². The number of nitrogens with zero attached hydrogens (tertiary/aromatic N) is 6. The van der Waals surface area contributed by atoms with Crippen molar-refractivity contribution < 1.29 is 0 Å². The third kappa shape index (κ3) is 4.92. The predicted molar refractivity (Wildman–Crippen MR) is 224 cm³/mol. The zero-order valence-corrected chi connectivity index (χ0v) is 29.7. The molecule has 0 spiro atoms. The fraction of sp³-hybridized carbons (Fsp3) is 0. The van der Waals surface area contributed by atoms with Gasteiger partial charge in [0.15, 0.2) is 17.5 Å². The predicted octanol–water partition coefficient (Wildman–Crippen LogP) is 11.9. The maximum atomic E-state index is 5.00. The Hall–Kier alpha value is -7.57. The summed E-state index contributed by atoms with van der Waals surface area (Å²) in [7, 11) is 0. The first-order valence-electron chi connectivity index (χ1n) is 18.5. The Morgan fingerprint density at radius 2 is 0.582 bits per heavy atom. The molecular weight excluding hydrogens is 673 g/mol. The number of benzene rings is 7. The van der Waals surface area contributed by atoms with E-state index in [2.05, 4.69) is 147 Å². The Morgan fingerprint density at radius 1 is 0.255 bits per heavy atom. The molecule has 0 amide bonds. The van der Waals surface area contributed by atoms with E-state index >= 15 is 0 Å². The van der Waals surface area contributed by atoms with Gasteiger partial charge in [0, 0.05) is 44.5 Å². The SMILES string of the molecule is c1ccc(-c2nc(-c3ccccc3)nc(-c3ccc(-n4c5ccccc5c5c4c4c(c6ccccc6n4-c4ccccc4)n5-c4ccccc4)cc3)n2)cc1. The van der Waals surface area contributed by atoms with Crippen LogP contribution in [0.25, 0.3) is 95.1 Å². The van der Waals surface area contributed by atoms with E-state index in [0.29, 0.717) is 17.5 Å². The Morgan fingerprint density at radius 3 is 1.02 bits per heavy atom. The number of hydrogen-bond donors (Lipinski definition) is 0. The summed E-state index contributed by atoms with van der Waals surface area (Å²) in [6.07, 6.45) is 0. The van der Waals surface area contributed by atoms with Gasteiger partial charge >= 0.3 is 0 Å². The van der Waals surface area contributed by atoms with Gasteiger partial charge in [0.1, 0.15) is 0 Å². The van der Waals surface area contributed by atoms with Crippen molar-refractivity contribution in [3.63, 3.8) is 0 Å². The number of fused-ring (bicyclic) bond motifs is 7. The molecule has 0 N–H and O–H groups in total. The summed E-state index contributed by atoms with van der Waals surface area (Å²) in [4.78, 5) is 14.9. The average molecular weight is 705 g/mol. The molecule has 11 rings (SSSR count). The molecule has 0 aliphatic heterocycles. The van der Waals surface area contributed by atoms with Crippen LogP contribution >= 0.6 is 0 Å². The molecular formula is C49H32N6. The maximum Gasteiger partial charge on any atom is 0.164 e. The first-order chi connectivity index (χ1) is 27.3. The Labute approximate surface area is 316 Å². The van der Waals surface area contributed by atoms with E-state index in [1.54, 1.807) is 0 Å². The van der Waals surface area contributed by atoms with E-state index in [0.717, 1.165) is 55.8 Å². The Kier molecular flexibility index (Phi) is 7.07. The van der Waals surface area contributed by atoms with Crippen LogP contribution in [-0.2, 0) is 0 Å². The lowest BCUT2D eigenvalue weighted by molar-refractivity contribution is 1.07. The lowest BCUT2D eigenvalue weighted by atomic mass is 10.1. The first kappa shape index (κ1) is 31.0. The van der Waals surface area contributed by atoms with E-state index < -0.39 is 0 Å². The van der Waals surface area contributed by atoms with Gasteiger partial charge in [0.2, 0.25) is 0 Å². The smallest absolute Gasteiger partial charge is 0.164 e. The van der Waals surface area contributed by atoms with Crippen molar-refractivity contribution in [3.05, 3.63) is 194 Å². The highest BCUT2D eigenvalue weighted by Gasteiger charge is 2.27. The van der Waals surface area contributed by atoms with Gasteiger partial charge in [-0.1, -0.05) is 133 Å². The Bertz CT molecular complexity index is 3100. The van der Waals surface area contributed by atoms with Crippen LogP contribution in [0.3, 0.4) is 0 Å².